The Hall–Kier alpha value is -3.16. The van der Waals surface area contributed by atoms with Gasteiger partial charge in [-0.3, -0.25) is 9.59 Å². The molecule has 1 aliphatic heterocycles. The van der Waals surface area contributed by atoms with Crippen molar-refractivity contribution in [2.75, 3.05) is 12.4 Å². The summed E-state index contributed by atoms with van der Waals surface area (Å²) in [5, 5.41) is 23.8. The van der Waals surface area contributed by atoms with Gasteiger partial charge in [-0.15, -0.1) is 0 Å². The molecule has 4 atom stereocenters. The Morgan fingerprint density at radius 1 is 1.14 bits per heavy atom. The number of allylic oxidation sites excluding steroid dienone is 5. The fourth-order valence-electron chi connectivity index (χ4n) is 3.91. The number of aryl methyl sites for hydroxylation is 1. The molecule has 1 aromatic carbocycles. The second-order valence-corrected chi connectivity index (χ2v) is 8.79. The Labute approximate surface area is 207 Å². The van der Waals surface area contributed by atoms with Crippen LogP contribution in [0.25, 0.3) is 0 Å². The summed E-state index contributed by atoms with van der Waals surface area (Å²) < 4.78 is 10.9. The van der Waals surface area contributed by atoms with Gasteiger partial charge >= 0.3 is 5.97 Å². The molecule has 0 aromatic heterocycles. The number of carbonyl (C=O) groups excluding carboxylic acids is 2. The van der Waals surface area contributed by atoms with Crippen molar-refractivity contribution < 1.29 is 29.3 Å². The quantitative estimate of drug-likeness (QED) is 0.419. The molecule has 3 N–H and O–H groups in total. The molecule has 1 amide bonds. The lowest BCUT2D eigenvalue weighted by Gasteiger charge is -2.27. The number of phenols is 1. The van der Waals surface area contributed by atoms with Crippen LogP contribution >= 0.6 is 0 Å². The number of aliphatic hydroxyl groups excluding tert-OH is 1. The molecule has 0 unspecified atom stereocenters. The van der Waals surface area contributed by atoms with Crippen LogP contribution < -0.4 is 5.32 Å². The number of rotatable bonds is 2. The van der Waals surface area contributed by atoms with Crippen LogP contribution in [0.15, 0.2) is 66.3 Å². The number of esters is 1. The van der Waals surface area contributed by atoms with Gasteiger partial charge < -0.3 is 25.0 Å². The summed E-state index contributed by atoms with van der Waals surface area (Å²) in [5.74, 6) is -0.850. The highest BCUT2D eigenvalue weighted by molar-refractivity contribution is 5.91. The summed E-state index contributed by atoms with van der Waals surface area (Å²) in [6, 6.07) is 4.99. The second kappa shape index (κ2) is 14.3. The lowest BCUT2D eigenvalue weighted by atomic mass is 9.90. The molecular formula is C28H37NO6. The van der Waals surface area contributed by atoms with E-state index < -0.39 is 18.3 Å². The third-order valence-electron chi connectivity index (χ3n) is 5.88. The first-order valence-electron chi connectivity index (χ1n) is 11.9. The maximum Gasteiger partial charge on any atom is 0.302 e. The first kappa shape index (κ1) is 28.1. The minimum Gasteiger partial charge on any atom is -0.508 e. The average molecular weight is 484 g/mol. The summed E-state index contributed by atoms with van der Waals surface area (Å²) >= 11 is 0. The minimum absolute atomic E-state index is 0.0654. The number of ether oxygens (including phenoxy) is 2. The number of aliphatic hydroxyl groups is 1. The second-order valence-electron chi connectivity index (χ2n) is 8.79. The van der Waals surface area contributed by atoms with Crippen molar-refractivity contribution in [3.8, 4) is 5.75 Å². The van der Waals surface area contributed by atoms with Crippen molar-refractivity contribution in [2.24, 2.45) is 5.92 Å². The van der Waals surface area contributed by atoms with Crippen LogP contribution in [0.3, 0.4) is 0 Å². The standard InChI is InChI=1S/C28H37NO6/c1-19-11-10-12-22-15-23(17-24(31)16-22)29-27(32)18-25(34-4)13-8-6-5-7-9-14-26(35-21(3)30)20(2)28(19)33/h5-9,11,13,15-17,20,25-26,28,31,33H,10,12,14,18H2,1-4H3,(H,29,32)/t20-,25-,26-,28-/m0/s1. The Kier molecular flexibility index (Phi) is 11.5. The largest absolute Gasteiger partial charge is 0.508 e. The van der Waals surface area contributed by atoms with Gasteiger partial charge in [0.05, 0.1) is 18.6 Å². The number of anilines is 1. The number of nitrogens with one attached hydrogen (secondary N) is 1. The molecular weight excluding hydrogens is 446 g/mol. The lowest BCUT2D eigenvalue weighted by molar-refractivity contribution is -0.150. The van der Waals surface area contributed by atoms with Crippen LogP contribution in [0.1, 0.15) is 45.6 Å². The summed E-state index contributed by atoms with van der Waals surface area (Å²) in [5.41, 5.74) is 2.15. The predicted molar refractivity (Wildman–Crippen MR) is 137 cm³/mol. The van der Waals surface area contributed by atoms with Crippen molar-refractivity contribution in [1.82, 2.24) is 0 Å². The van der Waals surface area contributed by atoms with E-state index in [0.717, 1.165) is 11.1 Å². The van der Waals surface area contributed by atoms with Crippen LogP contribution in [0, 0.1) is 5.92 Å². The average Bonchev–Trinajstić information content (AvgIpc) is 2.79. The Morgan fingerprint density at radius 2 is 1.89 bits per heavy atom. The van der Waals surface area contributed by atoms with Crippen molar-refractivity contribution in [3.63, 3.8) is 0 Å². The highest BCUT2D eigenvalue weighted by Gasteiger charge is 2.27. The highest BCUT2D eigenvalue weighted by atomic mass is 16.5. The SMILES string of the molecule is CO[C@H]1C=CC=CC=CC[C@H](OC(C)=O)[C@H](C)[C@@H](O)C(C)=CCCc2cc(O)cc(c2)NC(=O)C1. The van der Waals surface area contributed by atoms with Crippen LogP contribution in [-0.2, 0) is 25.5 Å². The van der Waals surface area contributed by atoms with Crippen LogP contribution in [-0.4, -0.2) is 47.5 Å². The molecule has 1 heterocycles. The summed E-state index contributed by atoms with van der Waals surface area (Å²) in [6.07, 6.45) is 13.1. The Balaban J connectivity index is 2.31. The molecule has 1 aliphatic rings. The summed E-state index contributed by atoms with van der Waals surface area (Å²) in [7, 11) is 1.54. The zero-order valence-electron chi connectivity index (χ0n) is 20.9. The molecule has 0 aliphatic carbocycles. The fourth-order valence-corrected chi connectivity index (χ4v) is 3.91. The molecule has 0 fully saturated rings. The molecule has 0 radical (unpaired) electrons. The minimum atomic E-state index is -0.773. The first-order chi connectivity index (χ1) is 16.7. The van der Waals surface area contributed by atoms with Crippen LogP contribution in [0.4, 0.5) is 5.69 Å². The molecule has 2 rings (SSSR count). The maximum atomic E-state index is 12.5. The predicted octanol–water partition coefficient (Wildman–Crippen LogP) is 4.62. The highest BCUT2D eigenvalue weighted by Crippen LogP contribution is 2.24. The third-order valence-corrected chi connectivity index (χ3v) is 5.88. The van der Waals surface area contributed by atoms with E-state index in [1.807, 2.05) is 50.3 Å². The van der Waals surface area contributed by atoms with E-state index in [-0.39, 0.29) is 30.0 Å². The van der Waals surface area contributed by atoms with E-state index in [0.29, 0.717) is 24.9 Å². The van der Waals surface area contributed by atoms with E-state index >= 15 is 0 Å². The van der Waals surface area contributed by atoms with E-state index in [4.69, 9.17) is 9.47 Å². The van der Waals surface area contributed by atoms with Gasteiger partial charge in [-0.05, 0) is 43.0 Å². The van der Waals surface area contributed by atoms with E-state index in [1.165, 1.54) is 13.0 Å². The number of hydrogen-bond acceptors (Lipinski definition) is 6. The fraction of sp³-hybridized carbons (Fsp3) is 0.429. The normalized spacial score (nSPS) is 24.7. The topological polar surface area (TPSA) is 105 Å². The molecule has 35 heavy (non-hydrogen) atoms. The molecule has 0 saturated carbocycles. The van der Waals surface area contributed by atoms with Gasteiger partial charge in [-0.2, -0.15) is 0 Å². The van der Waals surface area contributed by atoms with Crippen molar-refractivity contribution >= 4 is 17.6 Å². The molecule has 1 aromatic rings. The number of hydrogen-bond donors (Lipinski definition) is 3. The van der Waals surface area contributed by atoms with E-state index in [2.05, 4.69) is 5.32 Å². The summed E-state index contributed by atoms with van der Waals surface area (Å²) in [6.45, 7) is 5.09. The van der Waals surface area contributed by atoms with Gasteiger partial charge in [0, 0.05) is 38.1 Å². The molecule has 0 spiro atoms. The van der Waals surface area contributed by atoms with Crippen molar-refractivity contribution in [2.45, 2.75) is 64.8 Å². The third kappa shape index (κ3) is 9.92. The zero-order valence-corrected chi connectivity index (χ0v) is 20.9. The number of phenolic OH excluding ortho intramolecular Hbond substituents is 1. The molecule has 7 nitrogen and oxygen atoms in total. The number of benzene rings is 1. The van der Waals surface area contributed by atoms with Gasteiger partial charge in [0.1, 0.15) is 11.9 Å². The van der Waals surface area contributed by atoms with Crippen molar-refractivity contribution in [3.05, 3.63) is 71.9 Å². The summed E-state index contributed by atoms with van der Waals surface area (Å²) in [4.78, 5) is 24.1. The number of amides is 1. The first-order valence-corrected chi connectivity index (χ1v) is 11.9. The zero-order chi connectivity index (χ0) is 25.8. The molecule has 7 heteroatoms. The van der Waals surface area contributed by atoms with Gasteiger partial charge in [-0.1, -0.05) is 49.5 Å². The smallest absolute Gasteiger partial charge is 0.302 e. The van der Waals surface area contributed by atoms with Crippen LogP contribution in [0.2, 0.25) is 0 Å². The van der Waals surface area contributed by atoms with Crippen LogP contribution in [0.5, 0.6) is 5.75 Å². The molecule has 190 valence electrons. The Bertz CT molecular complexity index is 978. The van der Waals surface area contributed by atoms with E-state index in [1.54, 1.807) is 25.3 Å². The van der Waals surface area contributed by atoms with Gasteiger partial charge in [0.15, 0.2) is 0 Å². The maximum absolute atomic E-state index is 12.5. The lowest BCUT2D eigenvalue weighted by Crippen LogP contribution is -2.33. The number of methoxy groups -OCH3 is 1. The van der Waals surface area contributed by atoms with E-state index in [9.17, 15) is 19.8 Å². The molecule has 0 saturated heterocycles. The number of carbonyl (C=O) groups is 2. The van der Waals surface area contributed by atoms with Crippen molar-refractivity contribution in [1.29, 1.82) is 0 Å². The number of aromatic hydroxyl groups is 1. The van der Waals surface area contributed by atoms with Gasteiger partial charge in [0.2, 0.25) is 5.91 Å². The number of fused-ring (bicyclic) bond motifs is 2. The monoisotopic (exact) mass is 483 g/mol. The molecule has 2 bridgehead atoms. The van der Waals surface area contributed by atoms with Gasteiger partial charge in [0.25, 0.3) is 0 Å². The Morgan fingerprint density at radius 3 is 2.60 bits per heavy atom. The van der Waals surface area contributed by atoms with Gasteiger partial charge in [-0.25, -0.2) is 0 Å².